The van der Waals surface area contributed by atoms with Crippen LogP contribution in [0.3, 0.4) is 0 Å². The predicted molar refractivity (Wildman–Crippen MR) is 79.4 cm³/mol. The van der Waals surface area contributed by atoms with Crippen molar-refractivity contribution >= 4 is 15.9 Å². The fourth-order valence-electron chi connectivity index (χ4n) is 2.14. The summed E-state index contributed by atoms with van der Waals surface area (Å²) >= 11 is 3.33. The minimum absolute atomic E-state index is 0.173. The summed E-state index contributed by atoms with van der Waals surface area (Å²) in [6.45, 7) is 2.22. The van der Waals surface area contributed by atoms with E-state index >= 15 is 0 Å². The van der Waals surface area contributed by atoms with Gasteiger partial charge in [0.2, 0.25) is 0 Å². The van der Waals surface area contributed by atoms with Crippen LogP contribution >= 0.6 is 15.9 Å². The SMILES string of the molecule is CCCCCCC(Cc1cccc(F)c1Br)NC. The van der Waals surface area contributed by atoms with Gasteiger partial charge in [0, 0.05) is 6.04 Å². The number of hydrogen-bond acceptors (Lipinski definition) is 1. The zero-order chi connectivity index (χ0) is 13.4. The lowest BCUT2D eigenvalue weighted by atomic mass is 10.00. The van der Waals surface area contributed by atoms with Gasteiger partial charge in [-0.05, 0) is 47.4 Å². The van der Waals surface area contributed by atoms with Crippen LogP contribution in [0.1, 0.15) is 44.6 Å². The number of hydrogen-bond donors (Lipinski definition) is 1. The second-order valence-electron chi connectivity index (χ2n) is 4.75. The molecule has 0 bridgehead atoms. The first-order chi connectivity index (χ1) is 8.69. The van der Waals surface area contributed by atoms with E-state index in [1.165, 1.54) is 31.7 Å². The third-order valence-corrected chi connectivity index (χ3v) is 4.20. The molecule has 1 atom stereocenters. The van der Waals surface area contributed by atoms with Gasteiger partial charge in [0.15, 0.2) is 0 Å². The smallest absolute Gasteiger partial charge is 0.137 e. The van der Waals surface area contributed by atoms with Crippen LogP contribution in [0.4, 0.5) is 4.39 Å². The van der Waals surface area contributed by atoms with Crippen LogP contribution in [0.15, 0.2) is 22.7 Å². The highest BCUT2D eigenvalue weighted by molar-refractivity contribution is 9.10. The summed E-state index contributed by atoms with van der Waals surface area (Å²) in [5, 5.41) is 3.33. The van der Waals surface area contributed by atoms with Crippen molar-refractivity contribution in [1.29, 1.82) is 0 Å². The fourth-order valence-corrected chi connectivity index (χ4v) is 2.56. The Morgan fingerprint density at radius 3 is 2.72 bits per heavy atom. The van der Waals surface area contributed by atoms with Crippen molar-refractivity contribution in [2.75, 3.05) is 7.05 Å². The van der Waals surface area contributed by atoms with E-state index in [0.29, 0.717) is 10.5 Å². The number of rotatable bonds is 8. The van der Waals surface area contributed by atoms with Crippen molar-refractivity contribution in [3.05, 3.63) is 34.1 Å². The molecule has 1 aromatic rings. The summed E-state index contributed by atoms with van der Waals surface area (Å²) in [5.74, 6) is -0.173. The van der Waals surface area contributed by atoms with Gasteiger partial charge in [0.25, 0.3) is 0 Å². The molecule has 3 heteroatoms. The summed E-state index contributed by atoms with van der Waals surface area (Å²) in [7, 11) is 1.98. The van der Waals surface area contributed by atoms with Gasteiger partial charge in [0.05, 0.1) is 4.47 Å². The van der Waals surface area contributed by atoms with Crippen LogP contribution in [-0.2, 0) is 6.42 Å². The number of nitrogens with one attached hydrogen (secondary N) is 1. The third-order valence-electron chi connectivity index (χ3n) is 3.31. The maximum absolute atomic E-state index is 13.4. The Kier molecular flexibility index (Phi) is 7.52. The van der Waals surface area contributed by atoms with Crippen LogP contribution in [0, 0.1) is 5.82 Å². The van der Waals surface area contributed by atoms with Crippen LogP contribution < -0.4 is 5.32 Å². The normalized spacial score (nSPS) is 12.7. The average Bonchev–Trinajstić information content (AvgIpc) is 2.38. The topological polar surface area (TPSA) is 12.0 Å². The standard InChI is InChI=1S/C15H23BrFN/c1-3-4-5-6-9-13(18-2)11-12-8-7-10-14(17)15(12)16/h7-8,10,13,18H,3-6,9,11H2,1-2H3. The minimum Gasteiger partial charge on any atom is -0.317 e. The van der Waals surface area contributed by atoms with E-state index in [4.69, 9.17) is 0 Å². The van der Waals surface area contributed by atoms with Gasteiger partial charge in [-0.25, -0.2) is 4.39 Å². The first kappa shape index (κ1) is 15.6. The van der Waals surface area contributed by atoms with Crippen LogP contribution in [0.5, 0.6) is 0 Å². The molecule has 1 unspecified atom stereocenters. The molecule has 0 aliphatic heterocycles. The number of likely N-dealkylation sites (N-methyl/N-ethyl adjacent to an activating group) is 1. The van der Waals surface area contributed by atoms with Gasteiger partial charge in [-0.3, -0.25) is 0 Å². The number of halogens is 2. The van der Waals surface area contributed by atoms with E-state index in [0.717, 1.165) is 18.4 Å². The summed E-state index contributed by atoms with van der Waals surface area (Å²) in [6.07, 6.45) is 7.13. The molecule has 0 saturated heterocycles. The van der Waals surface area contributed by atoms with Crippen LogP contribution in [0.25, 0.3) is 0 Å². The lowest BCUT2D eigenvalue weighted by Crippen LogP contribution is -2.27. The highest BCUT2D eigenvalue weighted by atomic mass is 79.9. The van der Waals surface area contributed by atoms with Gasteiger partial charge < -0.3 is 5.32 Å². The molecular weight excluding hydrogens is 293 g/mol. The molecular formula is C15H23BrFN. The molecule has 18 heavy (non-hydrogen) atoms. The Bertz CT molecular complexity index is 354. The molecule has 102 valence electrons. The zero-order valence-electron chi connectivity index (χ0n) is 11.3. The van der Waals surface area contributed by atoms with Gasteiger partial charge in [-0.1, -0.05) is 44.7 Å². The molecule has 1 nitrogen and oxygen atoms in total. The maximum atomic E-state index is 13.4. The largest absolute Gasteiger partial charge is 0.317 e. The van der Waals surface area contributed by atoms with Gasteiger partial charge in [-0.15, -0.1) is 0 Å². The lowest BCUT2D eigenvalue weighted by molar-refractivity contribution is 0.483. The Hall–Kier alpha value is -0.410. The van der Waals surface area contributed by atoms with E-state index in [9.17, 15) is 4.39 Å². The van der Waals surface area contributed by atoms with Crippen molar-refractivity contribution in [3.8, 4) is 0 Å². The zero-order valence-corrected chi connectivity index (χ0v) is 12.9. The van der Waals surface area contributed by atoms with Crippen molar-refractivity contribution in [2.24, 2.45) is 0 Å². The third kappa shape index (κ3) is 5.07. The molecule has 0 aromatic heterocycles. The number of unbranched alkanes of at least 4 members (excludes halogenated alkanes) is 3. The quantitative estimate of drug-likeness (QED) is 0.686. The van der Waals surface area contributed by atoms with Crippen molar-refractivity contribution in [3.63, 3.8) is 0 Å². The molecule has 1 rings (SSSR count). The summed E-state index contributed by atoms with van der Waals surface area (Å²) in [6, 6.07) is 5.69. The summed E-state index contributed by atoms with van der Waals surface area (Å²) in [4.78, 5) is 0. The van der Waals surface area contributed by atoms with Crippen LogP contribution in [-0.4, -0.2) is 13.1 Å². The van der Waals surface area contributed by atoms with Gasteiger partial charge in [-0.2, -0.15) is 0 Å². The van der Waals surface area contributed by atoms with E-state index < -0.39 is 0 Å². The molecule has 0 radical (unpaired) electrons. The van der Waals surface area contributed by atoms with E-state index in [1.807, 2.05) is 13.1 Å². The molecule has 1 N–H and O–H groups in total. The van der Waals surface area contributed by atoms with E-state index in [-0.39, 0.29) is 5.82 Å². The van der Waals surface area contributed by atoms with Gasteiger partial charge >= 0.3 is 0 Å². The average molecular weight is 316 g/mol. The Morgan fingerprint density at radius 2 is 2.06 bits per heavy atom. The highest BCUT2D eigenvalue weighted by Gasteiger charge is 2.11. The first-order valence-corrected chi connectivity index (χ1v) is 7.58. The predicted octanol–water partition coefficient (Wildman–Crippen LogP) is 4.69. The maximum Gasteiger partial charge on any atom is 0.137 e. The molecule has 0 saturated carbocycles. The van der Waals surface area contributed by atoms with Crippen molar-refractivity contribution in [2.45, 2.75) is 51.5 Å². The highest BCUT2D eigenvalue weighted by Crippen LogP contribution is 2.22. The first-order valence-electron chi connectivity index (χ1n) is 6.79. The summed E-state index contributed by atoms with van der Waals surface area (Å²) in [5.41, 5.74) is 1.05. The molecule has 0 fully saturated rings. The Morgan fingerprint density at radius 1 is 1.28 bits per heavy atom. The van der Waals surface area contributed by atoms with Crippen molar-refractivity contribution < 1.29 is 4.39 Å². The van der Waals surface area contributed by atoms with Crippen molar-refractivity contribution in [1.82, 2.24) is 5.32 Å². The fraction of sp³-hybridized carbons (Fsp3) is 0.600. The molecule has 0 aliphatic rings. The van der Waals surface area contributed by atoms with E-state index in [2.05, 4.69) is 28.2 Å². The molecule has 0 aliphatic carbocycles. The molecule has 1 aromatic carbocycles. The second-order valence-corrected chi connectivity index (χ2v) is 5.54. The molecule has 0 spiro atoms. The minimum atomic E-state index is -0.173. The lowest BCUT2D eigenvalue weighted by Gasteiger charge is -2.17. The Labute approximate surface area is 118 Å². The van der Waals surface area contributed by atoms with E-state index in [1.54, 1.807) is 6.07 Å². The molecule has 0 amide bonds. The van der Waals surface area contributed by atoms with Gasteiger partial charge in [0.1, 0.15) is 5.82 Å². The number of benzene rings is 1. The Balaban J connectivity index is 2.49. The molecule has 0 heterocycles. The van der Waals surface area contributed by atoms with Crippen LogP contribution in [0.2, 0.25) is 0 Å². The monoisotopic (exact) mass is 315 g/mol. The second kappa shape index (κ2) is 8.65. The summed E-state index contributed by atoms with van der Waals surface area (Å²) < 4.78 is 14.0.